The molecule has 9 N–H and O–H groups in total. The average molecular weight is 999 g/mol. The summed E-state index contributed by atoms with van der Waals surface area (Å²) in [5.41, 5.74) is 10.6. The summed E-state index contributed by atoms with van der Waals surface area (Å²) in [7, 11) is 0. The Balaban J connectivity index is 0.000000200. The van der Waals surface area contributed by atoms with Crippen molar-refractivity contribution in [3.63, 3.8) is 0 Å². The highest BCUT2D eigenvalue weighted by molar-refractivity contribution is 7.22. The fourth-order valence-corrected chi connectivity index (χ4v) is 11.4. The van der Waals surface area contributed by atoms with Gasteiger partial charge in [-0.05, 0) is 193 Å². The van der Waals surface area contributed by atoms with Crippen LogP contribution in [0, 0.1) is 5.92 Å². The van der Waals surface area contributed by atoms with Gasteiger partial charge in [0.2, 0.25) is 5.91 Å². The number of para-hydroxylation sites is 1. The predicted octanol–water partition coefficient (Wildman–Crippen LogP) is 9.08. The maximum atomic E-state index is 11.7. The zero-order chi connectivity index (χ0) is 49.7. The summed E-state index contributed by atoms with van der Waals surface area (Å²) >= 11 is 1.74. The van der Waals surface area contributed by atoms with Gasteiger partial charge in [0.25, 0.3) is 0 Å². The number of amides is 4. The summed E-state index contributed by atoms with van der Waals surface area (Å²) in [6.45, 7) is 18.5. The van der Waals surface area contributed by atoms with Crippen molar-refractivity contribution >= 4 is 44.7 Å². The minimum absolute atomic E-state index is 0.0309. The molecule has 2 saturated carbocycles. The smallest absolute Gasteiger partial charge is 0.402 e. The van der Waals surface area contributed by atoms with Crippen molar-refractivity contribution in [2.75, 3.05) is 110 Å². The van der Waals surface area contributed by atoms with Crippen LogP contribution in [0.5, 0.6) is 0 Å². The van der Waals surface area contributed by atoms with Gasteiger partial charge >= 0.3 is 12.1 Å². The van der Waals surface area contributed by atoms with Crippen molar-refractivity contribution in [2.24, 2.45) is 17.4 Å². The van der Waals surface area contributed by atoms with Crippen LogP contribution in [0.1, 0.15) is 167 Å². The van der Waals surface area contributed by atoms with E-state index in [9.17, 15) is 9.59 Å². The van der Waals surface area contributed by atoms with E-state index in [-0.39, 0.29) is 11.9 Å². The van der Waals surface area contributed by atoms with E-state index in [4.69, 9.17) is 15.6 Å². The van der Waals surface area contributed by atoms with Crippen molar-refractivity contribution in [2.45, 2.75) is 173 Å². The lowest BCUT2D eigenvalue weighted by molar-refractivity contribution is -0.121. The Kier molecular flexibility index (Phi) is 32.5. The third-order valence-corrected chi connectivity index (χ3v) is 15.6. The highest BCUT2D eigenvalue weighted by Gasteiger charge is 2.18. The van der Waals surface area contributed by atoms with Crippen molar-refractivity contribution in [1.29, 1.82) is 0 Å². The first-order valence-electron chi connectivity index (χ1n) is 28.3. The van der Waals surface area contributed by atoms with Crippen molar-refractivity contribution < 1.29 is 19.5 Å². The molecule has 0 radical (unpaired) electrons. The zero-order valence-corrected chi connectivity index (χ0v) is 44.5. The number of carbonyl (C=O) groups excluding carboxylic acids is 2. The maximum Gasteiger partial charge on any atom is 0.402 e. The maximum absolute atomic E-state index is 11.7. The van der Waals surface area contributed by atoms with Crippen LogP contribution in [0.3, 0.4) is 0 Å². The molecule has 4 amide bonds. The first-order chi connectivity index (χ1) is 34.3. The average Bonchev–Trinajstić information content (AvgIpc) is 4.24. The van der Waals surface area contributed by atoms with E-state index in [2.05, 4.69) is 69.8 Å². The summed E-state index contributed by atoms with van der Waals surface area (Å²) in [4.78, 5) is 46.8. The molecule has 0 unspecified atom stereocenters. The van der Waals surface area contributed by atoms with Gasteiger partial charge in [-0.2, -0.15) is 0 Å². The first-order valence-corrected chi connectivity index (χ1v) is 29.1. The van der Waals surface area contributed by atoms with Crippen LogP contribution in [0.25, 0.3) is 10.2 Å². The van der Waals surface area contributed by atoms with Crippen molar-refractivity contribution in [3.05, 3.63) is 24.3 Å². The second-order valence-electron chi connectivity index (χ2n) is 20.5. The van der Waals surface area contributed by atoms with Gasteiger partial charge in [-0.15, -0.1) is 0 Å². The number of hydrogen-bond donors (Lipinski definition) is 7. The SMILES string of the molecule is NC(=O)O.NCCCCCN1CCCCC1.O=C(CCC1CCCC1)NCCCN1CCCC1.O=C(NCCCN1CCCC1)NC1CCCCC1.c1ccc2sc(NCCN3CCCCC3)nc2c1. The lowest BCUT2D eigenvalue weighted by Crippen LogP contribution is -2.43. The van der Waals surface area contributed by atoms with Gasteiger partial charge < -0.3 is 57.4 Å². The molecule has 1 aromatic carbocycles. The fourth-order valence-electron chi connectivity index (χ4n) is 10.5. The summed E-state index contributed by atoms with van der Waals surface area (Å²) in [5.74, 6) is 1.10. The molecule has 8 rings (SSSR count). The number of carbonyl (C=O) groups is 3. The Morgan fingerprint density at radius 2 is 1.09 bits per heavy atom. The minimum Gasteiger partial charge on any atom is -0.465 e. The summed E-state index contributed by atoms with van der Waals surface area (Å²) < 4.78 is 1.26. The molecule has 4 aliphatic heterocycles. The number of hydrogen-bond acceptors (Lipinski definition) is 11. The number of likely N-dealkylation sites (tertiary alicyclic amines) is 4. The van der Waals surface area contributed by atoms with Crippen molar-refractivity contribution in [3.8, 4) is 0 Å². The van der Waals surface area contributed by atoms with Crippen LogP contribution in [0.2, 0.25) is 0 Å². The number of nitrogens with one attached hydrogen (secondary N) is 4. The molecule has 70 heavy (non-hydrogen) atoms. The Labute approximate surface area is 427 Å². The topological polar surface area (TPSA) is 197 Å². The Morgan fingerprint density at radius 3 is 1.64 bits per heavy atom. The second kappa shape index (κ2) is 38.4. The number of fused-ring (bicyclic) bond motifs is 1. The summed E-state index contributed by atoms with van der Waals surface area (Å²) in [5, 5.41) is 20.8. The number of anilines is 1. The number of thiazole rings is 1. The number of carboxylic acid groups (broad SMARTS) is 1. The first kappa shape index (κ1) is 59.3. The molecule has 400 valence electrons. The van der Waals surface area contributed by atoms with Crippen LogP contribution in [0.15, 0.2) is 24.3 Å². The number of benzene rings is 1. The van der Waals surface area contributed by atoms with E-state index in [0.717, 1.165) is 101 Å². The number of piperidine rings is 2. The number of nitrogens with zero attached hydrogens (tertiary/aromatic N) is 5. The summed E-state index contributed by atoms with van der Waals surface area (Å²) in [6.07, 6.45) is 32.0. The van der Waals surface area contributed by atoms with Gasteiger partial charge in [0.15, 0.2) is 5.13 Å². The monoisotopic (exact) mass is 998 g/mol. The lowest BCUT2D eigenvalue weighted by atomic mass is 9.96. The molecular weight excluding hydrogens is 899 g/mol. The molecule has 4 saturated heterocycles. The normalized spacial score (nSPS) is 19.3. The number of nitrogens with two attached hydrogens (primary N) is 2. The molecule has 0 spiro atoms. The molecule has 0 atom stereocenters. The highest BCUT2D eigenvalue weighted by atomic mass is 32.1. The number of aromatic nitrogens is 1. The highest BCUT2D eigenvalue weighted by Crippen LogP contribution is 2.28. The quantitative estimate of drug-likeness (QED) is 0.0590. The minimum atomic E-state index is -1.33. The molecule has 6 fully saturated rings. The molecule has 16 heteroatoms. The van der Waals surface area contributed by atoms with Crippen LogP contribution >= 0.6 is 11.3 Å². The second-order valence-corrected chi connectivity index (χ2v) is 21.5. The third-order valence-electron chi connectivity index (χ3n) is 14.6. The Bertz CT molecular complexity index is 1580. The number of urea groups is 1. The van der Waals surface area contributed by atoms with Crippen LogP contribution in [0.4, 0.5) is 14.7 Å². The van der Waals surface area contributed by atoms with Crippen molar-refractivity contribution in [1.82, 2.24) is 40.5 Å². The fraction of sp³-hybridized carbons (Fsp3) is 0.815. The van der Waals surface area contributed by atoms with Gasteiger partial charge in [0.1, 0.15) is 0 Å². The van der Waals surface area contributed by atoms with Gasteiger partial charge in [-0.25, -0.2) is 14.6 Å². The molecule has 0 bridgehead atoms. The van der Waals surface area contributed by atoms with Gasteiger partial charge in [0, 0.05) is 38.6 Å². The van der Waals surface area contributed by atoms with Gasteiger partial charge in [-0.1, -0.05) is 87.7 Å². The number of unbranched alkanes of at least 4 members (excludes halogenated alkanes) is 2. The standard InChI is InChI=1S/C15H28N2O.C14H27N3O.C14H19N3S.C10H22N2.CH3NO2/c18-15(9-8-14-6-1-2-7-14)16-10-5-13-17-11-3-4-12-17;18-14(16-13-7-2-1-3-8-13)15-9-6-12-17-10-4-5-11-17;1-4-9-17(10-5-1)11-8-15-14-16-12-6-2-3-7-13(12)18-14;11-7-3-1-4-8-12-9-5-2-6-10-12;2-1(3)4/h14H,1-13H2,(H,16,18);13H,1-12H2,(H2,15,16,18);2-3,6-7H,1,4-5,8-11H2,(H,15,16);1-11H2;2H2,(H,3,4). The zero-order valence-electron chi connectivity index (χ0n) is 43.6. The van der Waals surface area contributed by atoms with Crippen LogP contribution in [-0.4, -0.2) is 158 Å². The largest absolute Gasteiger partial charge is 0.465 e. The van der Waals surface area contributed by atoms with E-state index >= 15 is 0 Å². The molecule has 2 aromatic rings. The lowest BCUT2D eigenvalue weighted by Gasteiger charge is -2.26. The van der Waals surface area contributed by atoms with Crippen LogP contribution < -0.4 is 32.7 Å². The predicted molar refractivity (Wildman–Crippen MR) is 292 cm³/mol. The van der Waals surface area contributed by atoms with Gasteiger partial charge in [0.05, 0.1) is 10.2 Å². The molecule has 1 aromatic heterocycles. The molecule has 5 heterocycles. The molecule has 2 aliphatic carbocycles. The van der Waals surface area contributed by atoms with Gasteiger partial charge in [-0.3, -0.25) is 4.79 Å². The number of primary amides is 1. The summed E-state index contributed by atoms with van der Waals surface area (Å²) in [6, 6.07) is 8.75. The number of rotatable bonds is 21. The van der Waals surface area contributed by atoms with E-state index in [0.29, 0.717) is 6.04 Å². The van der Waals surface area contributed by atoms with Crippen LogP contribution in [-0.2, 0) is 4.79 Å². The van der Waals surface area contributed by atoms with E-state index in [1.165, 1.54) is 192 Å². The Morgan fingerprint density at radius 1 is 0.600 bits per heavy atom. The van der Waals surface area contributed by atoms with E-state index in [1.54, 1.807) is 11.3 Å². The third kappa shape index (κ3) is 28.7. The molecular formula is C54H99N11O4S. The van der Waals surface area contributed by atoms with E-state index in [1.807, 2.05) is 6.07 Å². The Hall–Kier alpha value is -3.28. The molecule has 15 nitrogen and oxygen atoms in total. The molecule has 6 aliphatic rings. The van der Waals surface area contributed by atoms with E-state index < -0.39 is 6.09 Å².